The number of nitrogens with zero attached hydrogens (tertiary/aromatic N) is 1. The Hall–Kier alpha value is -1.26. The van der Waals surface area contributed by atoms with Gasteiger partial charge in [0.15, 0.2) is 0 Å². The number of hydrogen-bond donors (Lipinski definition) is 1. The van der Waals surface area contributed by atoms with Crippen molar-refractivity contribution in [3.8, 4) is 11.5 Å². The molecule has 0 bridgehead atoms. The van der Waals surface area contributed by atoms with Crippen molar-refractivity contribution >= 4 is 0 Å². The van der Waals surface area contributed by atoms with Crippen LogP contribution in [0.15, 0.2) is 18.2 Å². The molecule has 1 aromatic rings. The van der Waals surface area contributed by atoms with E-state index in [2.05, 4.69) is 4.90 Å². The molecular weight excluding hydrogens is 230 g/mol. The summed E-state index contributed by atoms with van der Waals surface area (Å²) >= 11 is 0. The molecule has 18 heavy (non-hydrogen) atoms. The maximum Gasteiger partial charge on any atom is 0.122 e. The highest BCUT2D eigenvalue weighted by atomic mass is 16.5. The summed E-state index contributed by atoms with van der Waals surface area (Å²) in [6.45, 7) is 3.47. The van der Waals surface area contributed by atoms with Crippen molar-refractivity contribution in [2.45, 2.75) is 26.0 Å². The van der Waals surface area contributed by atoms with E-state index in [0.29, 0.717) is 0 Å². The molecule has 1 aromatic carbocycles. The molecule has 0 saturated carbocycles. The molecule has 0 saturated heterocycles. The summed E-state index contributed by atoms with van der Waals surface area (Å²) in [6, 6.07) is 5.86. The van der Waals surface area contributed by atoms with Crippen LogP contribution in [-0.2, 0) is 6.54 Å². The van der Waals surface area contributed by atoms with E-state index in [4.69, 9.17) is 9.47 Å². The van der Waals surface area contributed by atoms with Crippen molar-refractivity contribution in [2.24, 2.45) is 0 Å². The standard InChI is InChI=1S/C14H23NO3/c1-11(16)5-6-15(2)10-12-7-13(17-3)9-14(8-12)18-4/h7-9,11,16H,5-6,10H2,1-4H3. The Bertz CT molecular complexity index is 344. The van der Waals surface area contributed by atoms with Crippen molar-refractivity contribution in [1.29, 1.82) is 0 Å². The van der Waals surface area contributed by atoms with Gasteiger partial charge in [0.2, 0.25) is 0 Å². The lowest BCUT2D eigenvalue weighted by Crippen LogP contribution is -2.22. The maximum atomic E-state index is 9.27. The van der Waals surface area contributed by atoms with E-state index in [0.717, 1.165) is 36.6 Å². The lowest BCUT2D eigenvalue weighted by molar-refractivity contribution is 0.163. The van der Waals surface area contributed by atoms with Crippen LogP contribution in [-0.4, -0.2) is 43.9 Å². The fraction of sp³-hybridized carbons (Fsp3) is 0.571. The molecule has 0 radical (unpaired) electrons. The Balaban J connectivity index is 2.65. The molecule has 1 unspecified atom stereocenters. The molecule has 0 aromatic heterocycles. The Morgan fingerprint density at radius 3 is 2.17 bits per heavy atom. The molecule has 0 fully saturated rings. The third-order valence-electron chi connectivity index (χ3n) is 2.79. The van der Waals surface area contributed by atoms with Crippen molar-refractivity contribution in [1.82, 2.24) is 4.90 Å². The number of rotatable bonds is 7. The zero-order chi connectivity index (χ0) is 13.5. The molecule has 0 aliphatic rings. The quantitative estimate of drug-likeness (QED) is 0.806. The summed E-state index contributed by atoms with van der Waals surface area (Å²) in [7, 11) is 5.33. The highest BCUT2D eigenvalue weighted by Crippen LogP contribution is 2.23. The van der Waals surface area contributed by atoms with Gasteiger partial charge in [-0.05, 0) is 38.1 Å². The average Bonchev–Trinajstić information content (AvgIpc) is 2.35. The van der Waals surface area contributed by atoms with Crippen LogP contribution in [0.3, 0.4) is 0 Å². The molecule has 0 aliphatic heterocycles. The van der Waals surface area contributed by atoms with Gasteiger partial charge in [-0.2, -0.15) is 0 Å². The molecule has 0 aliphatic carbocycles. The van der Waals surface area contributed by atoms with Gasteiger partial charge in [0.25, 0.3) is 0 Å². The first-order valence-corrected chi connectivity index (χ1v) is 6.13. The van der Waals surface area contributed by atoms with Crippen LogP contribution >= 0.6 is 0 Å². The number of hydrogen-bond acceptors (Lipinski definition) is 4. The smallest absolute Gasteiger partial charge is 0.122 e. The molecule has 0 heterocycles. The van der Waals surface area contributed by atoms with Crippen molar-refractivity contribution < 1.29 is 14.6 Å². The van der Waals surface area contributed by atoms with Crippen LogP contribution in [0.2, 0.25) is 0 Å². The van der Waals surface area contributed by atoms with Crippen LogP contribution < -0.4 is 9.47 Å². The van der Waals surface area contributed by atoms with Gasteiger partial charge in [-0.15, -0.1) is 0 Å². The SMILES string of the molecule is COc1cc(CN(C)CCC(C)O)cc(OC)c1. The van der Waals surface area contributed by atoms with Gasteiger partial charge in [0.05, 0.1) is 20.3 Å². The molecule has 0 amide bonds. The number of aliphatic hydroxyl groups excluding tert-OH is 1. The van der Waals surface area contributed by atoms with E-state index >= 15 is 0 Å². The largest absolute Gasteiger partial charge is 0.497 e. The topological polar surface area (TPSA) is 41.9 Å². The van der Waals surface area contributed by atoms with Crippen LogP contribution in [0.25, 0.3) is 0 Å². The van der Waals surface area contributed by atoms with Gasteiger partial charge in [0, 0.05) is 19.2 Å². The summed E-state index contributed by atoms with van der Waals surface area (Å²) in [4.78, 5) is 2.17. The summed E-state index contributed by atoms with van der Waals surface area (Å²) in [5.74, 6) is 1.60. The molecule has 4 nitrogen and oxygen atoms in total. The third-order valence-corrected chi connectivity index (χ3v) is 2.79. The fourth-order valence-electron chi connectivity index (χ4n) is 1.76. The second-order valence-electron chi connectivity index (χ2n) is 4.60. The van der Waals surface area contributed by atoms with Crippen LogP contribution in [0.4, 0.5) is 0 Å². The third kappa shape index (κ3) is 4.94. The Labute approximate surface area is 109 Å². The van der Waals surface area contributed by atoms with E-state index < -0.39 is 0 Å². The highest BCUT2D eigenvalue weighted by molar-refractivity contribution is 5.38. The average molecular weight is 253 g/mol. The van der Waals surface area contributed by atoms with Crippen molar-refractivity contribution in [2.75, 3.05) is 27.8 Å². The number of ether oxygens (including phenoxy) is 2. The minimum atomic E-state index is -0.257. The molecule has 4 heteroatoms. The van der Waals surface area contributed by atoms with Gasteiger partial charge in [-0.1, -0.05) is 0 Å². The maximum absolute atomic E-state index is 9.27. The summed E-state index contributed by atoms with van der Waals surface area (Å²) in [5, 5.41) is 9.27. The molecular formula is C14H23NO3. The van der Waals surface area contributed by atoms with E-state index in [1.54, 1.807) is 14.2 Å². The Kier molecular flexibility index (Phi) is 5.95. The predicted octanol–water partition coefficient (Wildman–Crippen LogP) is 1.91. The fourth-order valence-corrected chi connectivity index (χ4v) is 1.76. The number of methoxy groups -OCH3 is 2. The molecule has 102 valence electrons. The molecule has 1 rings (SSSR count). The minimum absolute atomic E-state index is 0.257. The predicted molar refractivity (Wildman–Crippen MR) is 72.2 cm³/mol. The summed E-state index contributed by atoms with van der Waals surface area (Å²) in [5.41, 5.74) is 1.14. The lowest BCUT2D eigenvalue weighted by atomic mass is 10.2. The van der Waals surface area contributed by atoms with Crippen LogP contribution in [0, 0.1) is 0 Å². The first-order chi connectivity index (χ1) is 8.55. The molecule has 1 atom stereocenters. The first-order valence-electron chi connectivity index (χ1n) is 6.13. The summed E-state index contributed by atoms with van der Waals surface area (Å²) in [6.07, 6.45) is 0.518. The summed E-state index contributed by atoms with van der Waals surface area (Å²) < 4.78 is 10.5. The second kappa shape index (κ2) is 7.24. The zero-order valence-electron chi connectivity index (χ0n) is 11.6. The highest BCUT2D eigenvalue weighted by Gasteiger charge is 2.06. The first kappa shape index (κ1) is 14.8. The van der Waals surface area contributed by atoms with E-state index in [1.807, 2.05) is 32.2 Å². The van der Waals surface area contributed by atoms with E-state index in [-0.39, 0.29) is 6.10 Å². The van der Waals surface area contributed by atoms with Gasteiger partial charge in [0.1, 0.15) is 11.5 Å². The van der Waals surface area contributed by atoms with E-state index in [1.165, 1.54) is 0 Å². The second-order valence-corrected chi connectivity index (χ2v) is 4.60. The Morgan fingerprint density at radius 2 is 1.72 bits per heavy atom. The zero-order valence-corrected chi connectivity index (χ0v) is 11.6. The van der Waals surface area contributed by atoms with Crippen molar-refractivity contribution in [3.05, 3.63) is 23.8 Å². The van der Waals surface area contributed by atoms with Gasteiger partial charge in [-0.25, -0.2) is 0 Å². The number of benzene rings is 1. The lowest BCUT2D eigenvalue weighted by Gasteiger charge is -2.18. The van der Waals surface area contributed by atoms with Crippen LogP contribution in [0.1, 0.15) is 18.9 Å². The monoisotopic (exact) mass is 253 g/mol. The van der Waals surface area contributed by atoms with Gasteiger partial charge >= 0.3 is 0 Å². The minimum Gasteiger partial charge on any atom is -0.497 e. The number of aliphatic hydroxyl groups is 1. The normalized spacial score (nSPS) is 12.6. The molecule has 0 spiro atoms. The van der Waals surface area contributed by atoms with Crippen LogP contribution in [0.5, 0.6) is 11.5 Å². The van der Waals surface area contributed by atoms with Crippen molar-refractivity contribution in [3.63, 3.8) is 0 Å². The van der Waals surface area contributed by atoms with E-state index in [9.17, 15) is 5.11 Å². The van der Waals surface area contributed by atoms with Gasteiger partial charge in [-0.3, -0.25) is 0 Å². The molecule has 1 N–H and O–H groups in total. The Morgan fingerprint density at radius 1 is 1.17 bits per heavy atom. The van der Waals surface area contributed by atoms with Gasteiger partial charge < -0.3 is 19.5 Å².